The Balaban J connectivity index is 2.56. The van der Waals surface area contributed by atoms with Gasteiger partial charge < -0.3 is 5.73 Å². The molecular weight excluding hydrogens is 250 g/mol. The van der Waals surface area contributed by atoms with E-state index in [4.69, 9.17) is 5.73 Å². The summed E-state index contributed by atoms with van der Waals surface area (Å²) < 4.78 is 28.4. The maximum atomic E-state index is 11.7. The molecule has 0 spiro atoms. The lowest BCUT2D eigenvalue weighted by Crippen LogP contribution is -2.48. The van der Waals surface area contributed by atoms with E-state index in [0.717, 1.165) is 5.56 Å². The molecule has 18 heavy (non-hydrogen) atoms. The molecule has 1 rings (SSSR count). The average molecular weight is 271 g/mol. The van der Waals surface area contributed by atoms with Gasteiger partial charge in [0.15, 0.2) is 0 Å². The largest absolute Gasteiger partial charge is 0.323 e. The second kappa shape index (κ2) is 5.79. The summed E-state index contributed by atoms with van der Waals surface area (Å²) in [6.07, 6.45) is 0. The molecule has 0 aliphatic carbocycles. The van der Waals surface area contributed by atoms with Crippen molar-refractivity contribution < 1.29 is 8.42 Å². The van der Waals surface area contributed by atoms with Gasteiger partial charge >= 0.3 is 0 Å². The maximum absolute atomic E-state index is 11.7. The maximum Gasteiger partial charge on any atom is 0.277 e. The van der Waals surface area contributed by atoms with Crippen molar-refractivity contribution in [3.63, 3.8) is 0 Å². The topological polar surface area (TPSA) is 84.2 Å². The van der Waals surface area contributed by atoms with Gasteiger partial charge in [0.05, 0.1) is 0 Å². The molecule has 0 aliphatic rings. The van der Waals surface area contributed by atoms with Crippen LogP contribution in [-0.2, 0) is 10.2 Å². The van der Waals surface area contributed by atoms with E-state index in [9.17, 15) is 8.42 Å². The van der Waals surface area contributed by atoms with Crippen molar-refractivity contribution in [2.24, 2.45) is 5.73 Å². The van der Waals surface area contributed by atoms with Crippen molar-refractivity contribution in [1.82, 2.24) is 9.44 Å². The Morgan fingerprint density at radius 2 is 1.78 bits per heavy atom. The molecule has 1 aromatic rings. The van der Waals surface area contributed by atoms with Crippen LogP contribution in [0, 0.1) is 0 Å². The van der Waals surface area contributed by atoms with Crippen molar-refractivity contribution in [1.29, 1.82) is 0 Å². The molecule has 0 radical (unpaired) electrons. The van der Waals surface area contributed by atoms with Gasteiger partial charge in [-0.3, -0.25) is 0 Å². The molecule has 0 aliphatic heterocycles. The SMILES string of the molecule is CC(C)(C)NS(=O)(=O)NCC(N)c1ccccc1. The Labute approximate surface area is 109 Å². The monoisotopic (exact) mass is 271 g/mol. The van der Waals surface area contributed by atoms with E-state index in [-0.39, 0.29) is 12.6 Å². The summed E-state index contributed by atoms with van der Waals surface area (Å²) in [5.74, 6) is 0. The second-order valence-corrected chi connectivity index (χ2v) is 6.72. The lowest BCUT2D eigenvalue weighted by Gasteiger charge is -2.21. The first-order valence-electron chi connectivity index (χ1n) is 5.79. The van der Waals surface area contributed by atoms with Crippen molar-refractivity contribution >= 4 is 10.2 Å². The van der Waals surface area contributed by atoms with Crippen LogP contribution in [0.1, 0.15) is 32.4 Å². The molecule has 0 saturated heterocycles. The van der Waals surface area contributed by atoms with Gasteiger partial charge in [0, 0.05) is 18.1 Å². The first-order valence-corrected chi connectivity index (χ1v) is 7.27. The van der Waals surface area contributed by atoms with Crippen molar-refractivity contribution in [2.75, 3.05) is 6.54 Å². The third kappa shape index (κ3) is 5.59. The molecule has 1 aromatic carbocycles. The van der Waals surface area contributed by atoms with Gasteiger partial charge in [0.2, 0.25) is 0 Å². The Hall–Kier alpha value is -0.950. The standard InChI is InChI=1S/C12H21N3O2S/c1-12(2,3)15-18(16,17)14-9-11(13)10-7-5-4-6-8-10/h4-8,11,14-15H,9,13H2,1-3H3. The first kappa shape index (κ1) is 15.1. The number of benzene rings is 1. The Bertz CT molecular complexity index is 466. The van der Waals surface area contributed by atoms with E-state index >= 15 is 0 Å². The molecule has 1 atom stereocenters. The Morgan fingerprint density at radius 1 is 1.22 bits per heavy atom. The van der Waals surface area contributed by atoms with Gasteiger partial charge in [-0.15, -0.1) is 0 Å². The zero-order chi connectivity index (χ0) is 13.8. The first-order chi connectivity index (χ1) is 8.20. The number of rotatable bonds is 5. The number of nitrogens with two attached hydrogens (primary N) is 1. The molecule has 102 valence electrons. The van der Waals surface area contributed by atoms with E-state index in [1.807, 2.05) is 30.3 Å². The number of nitrogens with one attached hydrogen (secondary N) is 2. The molecule has 0 fully saturated rings. The molecule has 0 amide bonds. The zero-order valence-corrected chi connectivity index (χ0v) is 11.8. The van der Waals surface area contributed by atoms with Gasteiger partial charge in [-0.25, -0.2) is 4.72 Å². The van der Waals surface area contributed by atoms with Crippen LogP contribution in [0.3, 0.4) is 0 Å². The molecule has 0 bridgehead atoms. The van der Waals surface area contributed by atoms with Crippen LogP contribution in [0.2, 0.25) is 0 Å². The molecule has 6 heteroatoms. The van der Waals surface area contributed by atoms with E-state index in [1.165, 1.54) is 0 Å². The van der Waals surface area contributed by atoms with Gasteiger partial charge in [-0.05, 0) is 26.3 Å². The fourth-order valence-corrected chi connectivity index (χ4v) is 2.73. The molecular formula is C12H21N3O2S. The van der Waals surface area contributed by atoms with Crippen molar-refractivity contribution in [3.05, 3.63) is 35.9 Å². The van der Waals surface area contributed by atoms with Crippen LogP contribution >= 0.6 is 0 Å². The quantitative estimate of drug-likeness (QED) is 0.744. The highest BCUT2D eigenvalue weighted by Crippen LogP contribution is 2.08. The molecule has 4 N–H and O–H groups in total. The van der Waals surface area contributed by atoms with Gasteiger partial charge in [-0.2, -0.15) is 13.1 Å². The number of hydrogen-bond donors (Lipinski definition) is 3. The summed E-state index contributed by atoms with van der Waals surface area (Å²) in [5.41, 5.74) is 6.30. The minimum absolute atomic E-state index is 0.162. The van der Waals surface area contributed by atoms with Crippen LogP contribution < -0.4 is 15.2 Å². The summed E-state index contributed by atoms with van der Waals surface area (Å²) in [5, 5.41) is 0. The molecule has 1 unspecified atom stereocenters. The minimum Gasteiger partial charge on any atom is -0.323 e. The van der Waals surface area contributed by atoms with E-state index in [0.29, 0.717) is 0 Å². The highest BCUT2D eigenvalue weighted by Gasteiger charge is 2.20. The van der Waals surface area contributed by atoms with Crippen LogP contribution in [0.4, 0.5) is 0 Å². The summed E-state index contributed by atoms with van der Waals surface area (Å²) in [7, 11) is -3.52. The lowest BCUT2D eigenvalue weighted by molar-refractivity contribution is 0.481. The molecule has 5 nitrogen and oxygen atoms in total. The van der Waals surface area contributed by atoms with E-state index < -0.39 is 15.7 Å². The number of hydrogen-bond acceptors (Lipinski definition) is 3. The average Bonchev–Trinajstić information content (AvgIpc) is 2.24. The van der Waals surface area contributed by atoms with Gasteiger partial charge in [0.1, 0.15) is 0 Å². The summed E-state index contributed by atoms with van der Waals surface area (Å²) in [6.45, 7) is 5.51. The Morgan fingerprint density at radius 3 is 2.28 bits per heavy atom. The van der Waals surface area contributed by atoms with Gasteiger partial charge in [-0.1, -0.05) is 30.3 Å². The summed E-state index contributed by atoms with van der Waals surface area (Å²) in [4.78, 5) is 0. The van der Waals surface area contributed by atoms with Crippen LogP contribution in [0.5, 0.6) is 0 Å². The summed E-state index contributed by atoms with van der Waals surface area (Å²) in [6, 6.07) is 9.02. The van der Waals surface area contributed by atoms with E-state index in [1.54, 1.807) is 20.8 Å². The summed E-state index contributed by atoms with van der Waals surface area (Å²) >= 11 is 0. The molecule has 0 aromatic heterocycles. The predicted molar refractivity (Wildman–Crippen MR) is 73.2 cm³/mol. The molecule has 0 saturated carbocycles. The van der Waals surface area contributed by atoms with Gasteiger partial charge in [0.25, 0.3) is 10.2 Å². The van der Waals surface area contributed by atoms with Crippen LogP contribution in [0.25, 0.3) is 0 Å². The van der Waals surface area contributed by atoms with Crippen LogP contribution in [-0.4, -0.2) is 20.5 Å². The lowest BCUT2D eigenvalue weighted by atomic mass is 10.1. The van der Waals surface area contributed by atoms with Crippen molar-refractivity contribution in [2.45, 2.75) is 32.4 Å². The highest BCUT2D eigenvalue weighted by molar-refractivity contribution is 7.87. The minimum atomic E-state index is -3.52. The Kier molecular flexibility index (Phi) is 4.86. The third-order valence-electron chi connectivity index (χ3n) is 2.16. The van der Waals surface area contributed by atoms with E-state index in [2.05, 4.69) is 9.44 Å². The highest BCUT2D eigenvalue weighted by atomic mass is 32.2. The normalized spacial score (nSPS) is 14.4. The zero-order valence-electron chi connectivity index (χ0n) is 11.0. The van der Waals surface area contributed by atoms with Crippen LogP contribution in [0.15, 0.2) is 30.3 Å². The third-order valence-corrected chi connectivity index (χ3v) is 3.59. The fourth-order valence-electron chi connectivity index (χ4n) is 1.46. The predicted octanol–water partition coefficient (Wildman–Crippen LogP) is 0.909. The second-order valence-electron chi connectivity index (χ2n) is 5.22. The smallest absolute Gasteiger partial charge is 0.277 e. The molecule has 0 heterocycles. The van der Waals surface area contributed by atoms with Crippen molar-refractivity contribution in [3.8, 4) is 0 Å². The fraction of sp³-hybridized carbons (Fsp3) is 0.500.